The van der Waals surface area contributed by atoms with Gasteiger partial charge in [-0.1, -0.05) is 36.0 Å². The van der Waals surface area contributed by atoms with Crippen molar-refractivity contribution >= 4 is 64.1 Å². The van der Waals surface area contributed by atoms with Gasteiger partial charge in [-0.15, -0.1) is 5.10 Å². The molecule has 3 aromatic carbocycles. The average molecular weight is 1040 g/mol. The highest BCUT2D eigenvalue weighted by atomic mass is 32.2. The molecule has 0 saturated carbocycles. The molecule has 0 aliphatic carbocycles. The fourth-order valence-electron chi connectivity index (χ4n) is 11.4. The number of benzene rings is 3. The van der Waals surface area contributed by atoms with E-state index in [4.69, 9.17) is 15.5 Å². The van der Waals surface area contributed by atoms with Crippen molar-refractivity contribution in [1.29, 1.82) is 0 Å². The molecule has 5 N–H and O–H groups in total. The summed E-state index contributed by atoms with van der Waals surface area (Å²) in [5.74, 6) is -1.41. The molecule has 1 unspecified atom stereocenters. The lowest BCUT2D eigenvalue weighted by Gasteiger charge is -2.41. The number of carbonyl (C=O) groups excluding carboxylic acids is 5. The molecular formula is C55H59FN12O6S. The molecule has 0 bridgehead atoms. The number of fused-ring (bicyclic) bond motifs is 1. The van der Waals surface area contributed by atoms with Gasteiger partial charge in [0.15, 0.2) is 5.69 Å². The zero-order valence-corrected chi connectivity index (χ0v) is 42.5. The van der Waals surface area contributed by atoms with Crippen LogP contribution in [0.5, 0.6) is 0 Å². The predicted octanol–water partition coefficient (Wildman–Crippen LogP) is 5.59. The second-order valence-electron chi connectivity index (χ2n) is 20.4. The molecule has 2 aromatic heterocycles. The van der Waals surface area contributed by atoms with Crippen LogP contribution >= 0.6 is 11.8 Å². The van der Waals surface area contributed by atoms with Crippen LogP contribution in [-0.2, 0) is 27.4 Å². The fraction of sp³-hybridized carbons (Fsp3) is 0.400. The summed E-state index contributed by atoms with van der Waals surface area (Å²) in [5.41, 5.74) is 11.9. The summed E-state index contributed by atoms with van der Waals surface area (Å²) in [7, 11) is 0. The molecule has 1 spiro atoms. The Morgan fingerprint density at radius 3 is 2.44 bits per heavy atom. The minimum Gasteiger partial charge on any atom is -0.376 e. The van der Waals surface area contributed by atoms with Crippen molar-refractivity contribution in [3.63, 3.8) is 0 Å². The van der Waals surface area contributed by atoms with E-state index < -0.39 is 23.7 Å². The first-order valence-corrected chi connectivity index (χ1v) is 26.6. The Balaban J connectivity index is 0.614. The van der Waals surface area contributed by atoms with Gasteiger partial charge in [-0.05, 0) is 117 Å². The molecular weight excluding hydrogens is 976 g/mol. The van der Waals surface area contributed by atoms with Crippen molar-refractivity contribution in [2.24, 2.45) is 11.1 Å². The third kappa shape index (κ3) is 10.6. The molecule has 8 heterocycles. The Bertz CT molecular complexity index is 3050. The van der Waals surface area contributed by atoms with E-state index in [2.05, 4.69) is 58.8 Å². The van der Waals surface area contributed by atoms with Gasteiger partial charge in [-0.3, -0.25) is 34.2 Å². The van der Waals surface area contributed by atoms with Crippen molar-refractivity contribution < 1.29 is 33.1 Å². The first-order chi connectivity index (χ1) is 36.4. The number of halogens is 1. The van der Waals surface area contributed by atoms with Gasteiger partial charge in [0.2, 0.25) is 11.8 Å². The van der Waals surface area contributed by atoms with E-state index >= 15 is 4.39 Å². The number of carbonyl (C=O) groups is 5. The second-order valence-corrected chi connectivity index (χ2v) is 21.5. The lowest BCUT2D eigenvalue weighted by Crippen LogP contribution is -2.52. The summed E-state index contributed by atoms with van der Waals surface area (Å²) in [6.45, 7) is 7.90. The van der Waals surface area contributed by atoms with Crippen molar-refractivity contribution in [3.05, 3.63) is 131 Å². The quantitative estimate of drug-likeness (QED) is 0.112. The highest BCUT2D eigenvalue weighted by Gasteiger charge is 2.48. The predicted molar refractivity (Wildman–Crippen MR) is 279 cm³/mol. The smallest absolute Gasteiger partial charge is 0.272 e. The number of imide groups is 1. The lowest BCUT2D eigenvalue weighted by molar-refractivity contribution is -0.136. The number of ether oxygens (including phenoxy) is 1. The van der Waals surface area contributed by atoms with Crippen LogP contribution in [0.3, 0.4) is 0 Å². The van der Waals surface area contributed by atoms with Crippen molar-refractivity contribution in [3.8, 4) is 0 Å². The van der Waals surface area contributed by atoms with Gasteiger partial charge >= 0.3 is 0 Å². The number of aromatic nitrogens is 4. The highest BCUT2D eigenvalue weighted by Crippen LogP contribution is 2.42. The summed E-state index contributed by atoms with van der Waals surface area (Å²) >= 11 is 1.45. The highest BCUT2D eigenvalue weighted by molar-refractivity contribution is 7.99. The van der Waals surface area contributed by atoms with Gasteiger partial charge in [0.1, 0.15) is 22.7 Å². The van der Waals surface area contributed by atoms with Crippen LogP contribution < -0.4 is 31.5 Å². The molecule has 20 heteroatoms. The SMILES string of the molecule is C[C@@H]1OCC2(CCN(c3cnc(Sc4cccc(NC(=O)c5ccc(N6CCC(N7CC=C(c8ccc(C(=O)NCc9ccc%10c(c9)CN(C9CCC(=O)NC9=O)C%10=O)nn8)CC7)CC6)c(F)c5)c4)cn3)CC2)[C@@H]1N. The van der Waals surface area contributed by atoms with Crippen LogP contribution in [0.25, 0.3) is 5.57 Å². The largest absolute Gasteiger partial charge is 0.376 e. The van der Waals surface area contributed by atoms with Crippen LogP contribution in [0.4, 0.5) is 21.6 Å². The van der Waals surface area contributed by atoms with Crippen molar-refractivity contribution in [1.82, 2.24) is 40.6 Å². The summed E-state index contributed by atoms with van der Waals surface area (Å²) in [6.07, 6.45) is 10.8. The molecule has 11 rings (SSSR count). The molecule has 3 atom stereocenters. The van der Waals surface area contributed by atoms with Crippen LogP contribution in [0.1, 0.15) is 99.9 Å². The molecule has 4 saturated heterocycles. The van der Waals surface area contributed by atoms with Gasteiger partial charge in [-0.2, -0.15) is 5.10 Å². The maximum atomic E-state index is 15.7. The van der Waals surface area contributed by atoms with Crippen LogP contribution in [0.15, 0.2) is 101 Å². The summed E-state index contributed by atoms with van der Waals surface area (Å²) < 4.78 is 21.6. The first kappa shape index (κ1) is 50.0. The number of nitrogens with one attached hydrogen (secondary N) is 3. The zero-order valence-electron chi connectivity index (χ0n) is 41.7. The van der Waals surface area contributed by atoms with E-state index in [1.807, 2.05) is 36.5 Å². The van der Waals surface area contributed by atoms with Gasteiger partial charge in [0, 0.05) is 98.0 Å². The monoisotopic (exact) mass is 1030 g/mol. The van der Waals surface area contributed by atoms with Crippen LogP contribution in [0.2, 0.25) is 0 Å². The standard InChI is InChI=1S/C55H59FN12O6S/c1-33-50(57)55(32-74-33)17-23-67(24-18-55)47-29-59-49(30-58-47)75-40-4-2-3-38(27-40)61-51(70)36-6-10-45(42(56)26-36)66-21-15-39(16-22-66)65-19-13-35(14-20-65)43-8-9-44(64-63-43)52(71)60-28-34-5-7-41-37(25-34)31-68(54(41)73)46-11-12-48(69)62-53(46)72/h2-10,13,25-27,29-30,33,39,46,50H,11-12,14-24,28,31-32,57H2,1H3,(H,60,71)(H,61,70)(H,62,69,72)/t33-,46?,50+/m0/s1. The Kier molecular flexibility index (Phi) is 14.2. The molecule has 18 nitrogen and oxygen atoms in total. The Labute approximate surface area is 438 Å². The Hall–Kier alpha value is -7.13. The number of amides is 5. The Morgan fingerprint density at radius 1 is 0.893 bits per heavy atom. The third-order valence-electron chi connectivity index (χ3n) is 15.9. The molecule has 0 radical (unpaired) electrons. The Morgan fingerprint density at radius 2 is 1.73 bits per heavy atom. The first-order valence-electron chi connectivity index (χ1n) is 25.8. The molecule has 75 heavy (non-hydrogen) atoms. The number of rotatable bonds is 12. The number of anilines is 3. The van der Waals surface area contributed by atoms with E-state index in [1.54, 1.807) is 42.6 Å². The van der Waals surface area contributed by atoms with E-state index in [1.165, 1.54) is 22.7 Å². The maximum absolute atomic E-state index is 15.7. The van der Waals surface area contributed by atoms with Crippen LogP contribution in [0, 0.1) is 11.2 Å². The van der Waals surface area contributed by atoms with Gasteiger partial charge in [0.25, 0.3) is 17.7 Å². The summed E-state index contributed by atoms with van der Waals surface area (Å²) in [5, 5.41) is 17.5. The summed E-state index contributed by atoms with van der Waals surface area (Å²) in [4.78, 5) is 82.0. The minimum absolute atomic E-state index is 0.0391. The normalized spacial score (nSPS) is 22.0. The third-order valence-corrected chi connectivity index (χ3v) is 16.8. The topological polar surface area (TPSA) is 221 Å². The van der Waals surface area contributed by atoms with E-state index in [-0.39, 0.29) is 66.1 Å². The van der Waals surface area contributed by atoms with E-state index in [9.17, 15) is 24.0 Å². The van der Waals surface area contributed by atoms with Crippen LogP contribution in [-0.4, -0.2) is 130 Å². The fourth-order valence-corrected chi connectivity index (χ4v) is 12.2. The van der Waals surface area contributed by atoms with Gasteiger partial charge in [-0.25, -0.2) is 14.4 Å². The second kappa shape index (κ2) is 21.2. The van der Waals surface area contributed by atoms with E-state index in [0.29, 0.717) is 42.5 Å². The van der Waals surface area contributed by atoms with Crippen molar-refractivity contribution in [2.75, 3.05) is 61.0 Å². The molecule has 388 valence electrons. The maximum Gasteiger partial charge on any atom is 0.272 e. The lowest BCUT2D eigenvalue weighted by atomic mass is 9.73. The molecule has 6 aliphatic rings. The molecule has 5 amide bonds. The summed E-state index contributed by atoms with van der Waals surface area (Å²) in [6, 6.07) is 20.7. The zero-order chi connectivity index (χ0) is 51.8. The molecule has 6 aliphatic heterocycles. The van der Waals surface area contributed by atoms with Gasteiger partial charge in [0.05, 0.1) is 36.5 Å². The van der Waals surface area contributed by atoms with Crippen molar-refractivity contribution in [2.45, 2.75) is 99.1 Å². The average Bonchev–Trinajstić information content (AvgIpc) is 3.91. The number of hydrogen-bond acceptors (Lipinski definition) is 15. The number of hydrogen-bond donors (Lipinski definition) is 4. The number of nitrogens with zero attached hydrogens (tertiary/aromatic N) is 8. The minimum atomic E-state index is -0.692. The van der Waals surface area contributed by atoms with Gasteiger partial charge < -0.3 is 35.8 Å². The number of nitrogens with two attached hydrogens (primary N) is 1. The molecule has 5 aromatic rings. The number of piperidine rings is 3. The molecule has 4 fully saturated rings. The van der Waals surface area contributed by atoms with E-state index in [0.717, 1.165) is 103 Å².